The highest BCUT2D eigenvalue weighted by atomic mass is 79.9. The maximum Gasteiger partial charge on any atom is 0.414 e. The number of thiophene rings is 1. The van der Waals surface area contributed by atoms with Gasteiger partial charge in [0.1, 0.15) is 5.00 Å². The van der Waals surface area contributed by atoms with Crippen molar-refractivity contribution >= 4 is 50.2 Å². The van der Waals surface area contributed by atoms with Crippen molar-refractivity contribution in [3.63, 3.8) is 0 Å². The molecule has 0 saturated heterocycles. The van der Waals surface area contributed by atoms with Crippen LogP contribution in [0.5, 0.6) is 0 Å². The van der Waals surface area contributed by atoms with E-state index in [-0.39, 0.29) is 18.1 Å². The molecule has 0 spiro atoms. The number of hydrogen-bond donors (Lipinski definition) is 2. The molecular formula is C17H17BrN2O4S. The molecule has 0 aliphatic rings. The number of alkyl carbamates (subject to hydrolysis) is 1. The zero-order valence-corrected chi connectivity index (χ0v) is 16.3. The van der Waals surface area contributed by atoms with Crippen molar-refractivity contribution in [2.75, 3.05) is 11.9 Å². The van der Waals surface area contributed by atoms with E-state index < -0.39 is 12.0 Å². The van der Waals surface area contributed by atoms with Crippen molar-refractivity contribution in [1.29, 1.82) is 0 Å². The Morgan fingerprint density at radius 1 is 1.20 bits per heavy atom. The Morgan fingerprint density at radius 2 is 1.92 bits per heavy atom. The second kappa shape index (κ2) is 8.26. The maximum absolute atomic E-state index is 12.4. The normalized spacial score (nSPS) is 10.2. The van der Waals surface area contributed by atoms with Gasteiger partial charge in [-0.1, -0.05) is 22.0 Å². The lowest BCUT2D eigenvalue weighted by Gasteiger charge is -2.08. The smallest absolute Gasteiger partial charge is 0.414 e. The van der Waals surface area contributed by atoms with Crippen LogP contribution in [0.3, 0.4) is 0 Å². The van der Waals surface area contributed by atoms with E-state index in [1.807, 2.05) is 13.0 Å². The number of nitrogens with one attached hydrogen (secondary N) is 2. The molecule has 0 saturated carbocycles. The highest BCUT2D eigenvalue weighted by Crippen LogP contribution is 2.32. The van der Waals surface area contributed by atoms with Gasteiger partial charge in [-0.25, -0.2) is 4.79 Å². The molecule has 8 heteroatoms. The van der Waals surface area contributed by atoms with E-state index in [9.17, 15) is 14.4 Å². The Hall–Kier alpha value is -2.19. The predicted octanol–water partition coefficient (Wildman–Crippen LogP) is 4.27. The van der Waals surface area contributed by atoms with E-state index in [4.69, 9.17) is 4.74 Å². The lowest BCUT2D eigenvalue weighted by molar-refractivity contribution is 0.0925. The van der Waals surface area contributed by atoms with Crippen molar-refractivity contribution < 1.29 is 19.1 Å². The first-order valence-corrected chi connectivity index (χ1v) is 9.09. The molecule has 0 unspecified atom stereocenters. The fourth-order valence-electron chi connectivity index (χ4n) is 2.12. The number of halogens is 1. The number of imide groups is 1. The van der Waals surface area contributed by atoms with Crippen LogP contribution in [0.1, 0.15) is 38.1 Å². The Morgan fingerprint density at radius 3 is 2.56 bits per heavy atom. The fraction of sp³-hybridized carbons (Fsp3) is 0.235. The third-order valence-electron chi connectivity index (χ3n) is 3.42. The molecule has 0 aliphatic heterocycles. The number of anilines is 1. The molecule has 1 aromatic heterocycles. The van der Waals surface area contributed by atoms with E-state index in [0.717, 1.165) is 9.35 Å². The van der Waals surface area contributed by atoms with Gasteiger partial charge in [-0.05, 0) is 44.5 Å². The van der Waals surface area contributed by atoms with Gasteiger partial charge in [-0.3, -0.25) is 14.9 Å². The zero-order chi connectivity index (χ0) is 18.6. The van der Waals surface area contributed by atoms with Crippen LogP contribution in [-0.4, -0.2) is 24.5 Å². The predicted molar refractivity (Wildman–Crippen MR) is 100 cm³/mol. The number of carbonyl (C=O) groups excluding carboxylic acids is 3. The summed E-state index contributed by atoms with van der Waals surface area (Å²) in [5, 5.41) is 5.30. The van der Waals surface area contributed by atoms with Gasteiger partial charge in [0, 0.05) is 14.9 Å². The van der Waals surface area contributed by atoms with Crippen molar-refractivity contribution in [3.05, 3.63) is 50.3 Å². The molecular weight excluding hydrogens is 408 g/mol. The van der Waals surface area contributed by atoms with Crippen LogP contribution in [0.4, 0.5) is 9.80 Å². The molecule has 2 aromatic rings. The summed E-state index contributed by atoms with van der Waals surface area (Å²) in [6, 6.07) is 6.92. The number of carbonyl (C=O) groups is 3. The van der Waals surface area contributed by atoms with Gasteiger partial charge in [0.2, 0.25) is 0 Å². The molecule has 0 radical (unpaired) electrons. The van der Waals surface area contributed by atoms with Crippen molar-refractivity contribution in [3.8, 4) is 0 Å². The summed E-state index contributed by atoms with van der Waals surface area (Å²) < 4.78 is 5.50. The Balaban J connectivity index is 2.27. The van der Waals surface area contributed by atoms with Crippen LogP contribution in [0.25, 0.3) is 0 Å². The quantitative estimate of drug-likeness (QED) is 0.767. The van der Waals surface area contributed by atoms with Gasteiger partial charge in [-0.15, -0.1) is 11.3 Å². The molecule has 2 N–H and O–H groups in total. The first-order chi connectivity index (χ1) is 11.8. The number of benzene rings is 1. The third-order valence-corrected chi connectivity index (χ3v) is 5.03. The number of amides is 3. The van der Waals surface area contributed by atoms with Gasteiger partial charge >= 0.3 is 6.09 Å². The number of hydrogen-bond acceptors (Lipinski definition) is 5. The molecule has 0 atom stereocenters. The standard InChI is InChI=1S/C17H17BrN2O4S/c1-4-24-17(23)20-15(22)13-9(2)10(3)25-16(13)19-14(21)11-6-5-7-12(18)8-11/h5-8H,4H2,1-3H3,(H,19,21)(H,20,22,23). The van der Waals surface area contributed by atoms with E-state index in [1.54, 1.807) is 32.0 Å². The molecule has 0 aliphatic carbocycles. The van der Waals surface area contributed by atoms with E-state index >= 15 is 0 Å². The minimum atomic E-state index is -0.819. The summed E-state index contributed by atoms with van der Waals surface area (Å²) in [4.78, 5) is 37.2. The lowest BCUT2D eigenvalue weighted by atomic mass is 10.1. The average Bonchev–Trinajstić information content (AvgIpc) is 2.81. The molecule has 0 fully saturated rings. The zero-order valence-electron chi connectivity index (χ0n) is 13.9. The summed E-state index contributed by atoms with van der Waals surface area (Å²) in [5.41, 5.74) is 1.42. The first-order valence-electron chi connectivity index (χ1n) is 7.48. The lowest BCUT2D eigenvalue weighted by Crippen LogP contribution is -2.31. The SMILES string of the molecule is CCOC(=O)NC(=O)c1c(NC(=O)c2cccc(Br)c2)sc(C)c1C. The monoisotopic (exact) mass is 424 g/mol. The van der Waals surface area contributed by atoms with E-state index in [1.165, 1.54) is 11.3 Å². The van der Waals surface area contributed by atoms with Crippen LogP contribution >= 0.6 is 27.3 Å². The van der Waals surface area contributed by atoms with Gasteiger partial charge in [0.15, 0.2) is 0 Å². The second-order valence-corrected chi connectivity index (χ2v) is 7.27. The molecule has 2 rings (SSSR count). The Bertz CT molecular complexity index is 832. The number of aryl methyl sites for hydroxylation is 1. The third kappa shape index (κ3) is 4.67. The van der Waals surface area contributed by atoms with Crippen molar-refractivity contribution in [1.82, 2.24) is 5.32 Å². The van der Waals surface area contributed by atoms with Crippen LogP contribution < -0.4 is 10.6 Å². The van der Waals surface area contributed by atoms with Crippen molar-refractivity contribution in [2.45, 2.75) is 20.8 Å². The summed E-state index contributed by atoms with van der Waals surface area (Å²) in [6.07, 6.45) is -0.819. The molecule has 1 heterocycles. The highest BCUT2D eigenvalue weighted by molar-refractivity contribution is 9.10. The van der Waals surface area contributed by atoms with Gasteiger partial charge in [0.05, 0.1) is 12.2 Å². The molecule has 3 amide bonds. The minimum absolute atomic E-state index is 0.160. The average molecular weight is 425 g/mol. The topological polar surface area (TPSA) is 84.5 Å². The van der Waals surface area contributed by atoms with E-state index in [2.05, 4.69) is 26.6 Å². The summed E-state index contributed by atoms with van der Waals surface area (Å²) in [5.74, 6) is -0.947. The molecule has 6 nitrogen and oxygen atoms in total. The Labute approximate surface area is 157 Å². The van der Waals surface area contributed by atoms with Crippen LogP contribution in [0.2, 0.25) is 0 Å². The highest BCUT2D eigenvalue weighted by Gasteiger charge is 2.23. The van der Waals surface area contributed by atoms with Crippen molar-refractivity contribution in [2.24, 2.45) is 0 Å². The fourth-order valence-corrected chi connectivity index (χ4v) is 3.57. The van der Waals surface area contributed by atoms with Crippen LogP contribution in [0, 0.1) is 13.8 Å². The van der Waals surface area contributed by atoms with Crippen LogP contribution in [-0.2, 0) is 4.74 Å². The molecule has 0 bridgehead atoms. The molecule has 132 valence electrons. The Kier molecular flexibility index (Phi) is 6.33. The molecule has 1 aromatic carbocycles. The summed E-state index contributed by atoms with van der Waals surface area (Å²) >= 11 is 4.60. The number of rotatable bonds is 4. The van der Waals surface area contributed by atoms with E-state index in [0.29, 0.717) is 16.1 Å². The first kappa shape index (κ1) is 19.1. The largest absolute Gasteiger partial charge is 0.450 e. The van der Waals surface area contributed by atoms with Gasteiger partial charge in [0.25, 0.3) is 11.8 Å². The van der Waals surface area contributed by atoms with Gasteiger partial charge in [-0.2, -0.15) is 0 Å². The number of ether oxygens (including phenoxy) is 1. The van der Waals surface area contributed by atoms with Crippen LogP contribution in [0.15, 0.2) is 28.7 Å². The minimum Gasteiger partial charge on any atom is -0.450 e. The maximum atomic E-state index is 12.4. The van der Waals surface area contributed by atoms with Gasteiger partial charge < -0.3 is 10.1 Å². The summed E-state index contributed by atoms with van der Waals surface area (Å²) in [7, 11) is 0. The molecule has 25 heavy (non-hydrogen) atoms. The summed E-state index contributed by atoms with van der Waals surface area (Å²) in [6.45, 7) is 5.41. The second-order valence-electron chi connectivity index (χ2n) is 5.13.